The average molecular weight is 429 g/mol. The minimum Gasteiger partial charge on any atom is -0.0806 e. The molecule has 4 aliphatic carbocycles. The molecule has 0 aromatic heterocycles. The van der Waals surface area contributed by atoms with E-state index in [-0.39, 0.29) is 0 Å². The maximum atomic E-state index is 2.78. The van der Waals surface area contributed by atoms with Crippen LogP contribution in [0.1, 0.15) is 45.6 Å². The quantitative estimate of drug-likeness (QED) is 0.424. The van der Waals surface area contributed by atoms with Gasteiger partial charge in [0.1, 0.15) is 0 Å². The number of allylic oxidation sites excluding steroid dienone is 8. The van der Waals surface area contributed by atoms with E-state index in [1.54, 1.807) is 16.7 Å². The Balaban J connectivity index is 1.59. The van der Waals surface area contributed by atoms with E-state index in [2.05, 4.69) is 108 Å². The summed E-state index contributed by atoms with van der Waals surface area (Å²) in [6.45, 7) is 15.5. The number of rotatable bonds is 3. The Hall–Kier alpha value is -1.60. The summed E-state index contributed by atoms with van der Waals surface area (Å²) >= 11 is 0. The van der Waals surface area contributed by atoms with Gasteiger partial charge in [-0.3, -0.25) is 0 Å². The first-order valence-corrected chi connectivity index (χ1v) is 15.7. The van der Waals surface area contributed by atoms with E-state index in [0.717, 1.165) is 46.6 Å². The van der Waals surface area contributed by atoms with Gasteiger partial charge >= 0.3 is 0 Å². The van der Waals surface area contributed by atoms with Crippen molar-refractivity contribution >= 4 is 8.07 Å². The molecule has 1 aromatic carbocycles. The van der Waals surface area contributed by atoms with Crippen LogP contribution in [0.5, 0.6) is 0 Å². The Morgan fingerprint density at radius 3 is 1.94 bits per heavy atom. The Bertz CT molecular complexity index is 922. The van der Waals surface area contributed by atoms with Gasteiger partial charge in [-0.05, 0) is 78.3 Å². The van der Waals surface area contributed by atoms with Crippen molar-refractivity contribution in [1.29, 1.82) is 0 Å². The fourth-order valence-electron chi connectivity index (χ4n) is 8.89. The Labute approximate surface area is 191 Å². The second-order valence-electron chi connectivity index (χ2n) is 11.7. The molecule has 164 valence electrons. The molecule has 2 saturated carbocycles. The van der Waals surface area contributed by atoms with E-state index in [9.17, 15) is 0 Å². The van der Waals surface area contributed by atoms with Crippen LogP contribution >= 0.6 is 0 Å². The monoisotopic (exact) mass is 428 g/mol. The topological polar surface area (TPSA) is 0 Å². The van der Waals surface area contributed by atoms with E-state index >= 15 is 0 Å². The van der Waals surface area contributed by atoms with E-state index < -0.39 is 8.07 Å². The first-order valence-electron chi connectivity index (χ1n) is 12.6. The summed E-state index contributed by atoms with van der Waals surface area (Å²) in [5.74, 6) is 5.26. The van der Waals surface area contributed by atoms with E-state index in [0.29, 0.717) is 5.92 Å². The lowest BCUT2D eigenvalue weighted by atomic mass is 9.81. The van der Waals surface area contributed by atoms with Crippen LogP contribution in [0.15, 0.2) is 77.9 Å². The highest BCUT2D eigenvalue weighted by atomic mass is 28.3. The molecule has 0 heterocycles. The molecule has 1 heteroatoms. The third kappa shape index (κ3) is 3.22. The van der Waals surface area contributed by atoms with Crippen molar-refractivity contribution in [3.8, 4) is 0 Å². The van der Waals surface area contributed by atoms with Crippen molar-refractivity contribution in [2.75, 3.05) is 0 Å². The van der Waals surface area contributed by atoms with Gasteiger partial charge in [-0.15, -0.1) is 0 Å². The summed E-state index contributed by atoms with van der Waals surface area (Å²) in [6.07, 6.45) is 15.9. The van der Waals surface area contributed by atoms with Crippen molar-refractivity contribution in [3.05, 3.63) is 83.5 Å². The lowest BCUT2D eigenvalue weighted by molar-refractivity contribution is 0.427. The fraction of sp³-hybridized carbons (Fsp3) is 0.533. The maximum Gasteiger partial charge on any atom is 0.0554 e. The van der Waals surface area contributed by atoms with Crippen molar-refractivity contribution in [2.45, 2.75) is 64.2 Å². The second kappa shape index (κ2) is 7.76. The maximum absolute atomic E-state index is 2.78. The molecule has 0 bridgehead atoms. The molecule has 0 nitrogen and oxygen atoms in total. The molecule has 0 spiro atoms. The van der Waals surface area contributed by atoms with Crippen LogP contribution in [-0.4, -0.2) is 8.07 Å². The first-order chi connectivity index (χ1) is 14.8. The molecule has 0 N–H and O–H groups in total. The third-order valence-corrected chi connectivity index (χ3v) is 15.2. The van der Waals surface area contributed by atoms with E-state index in [4.69, 9.17) is 0 Å². The average Bonchev–Trinajstić information content (AvgIpc) is 3.30. The second-order valence-corrected chi connectivity index (χ2v) is 16.7. The summed E-state index contributed by atoms with van der Waals surface area (Å²) in [5, 5.41) is 0. The molecule has 31 heavy (non-hydrogen) atoms. The summed E-state index contributed by atoms with van der Waals surface area (Å²) in [6, 6.07) is 11.6. The smallest absolute Gasteiger partial charge is 0.0554 e. The van der Waals surface area contributed by atoms with Crippen molar-refractivity contribution < 1.29 is 0 Å². The molecule has 5 rings (SSSR count). The SMILES string of the molecule is CC1=CC=C(C)C2C1CC(c1ccccc1)C2[Si](C)(C)C1C(C)C2C=CC=CC2C1C. The predicted octanol–water partition coefficient (Wildman–Crippen LogP) is 8.41. The zero-order chi connectivity index (χ0) is 21.9. The van der Waals surface area contributed by atoms with Crippen molar-refractivity contribution in [3.63, 3.8) is 0 Å². The molecule has 0 radical (unpaired) electrons. The van der Waals surface area contributed by atoms with Gasteiger partial charge in [0.15, 0.2) is 0 Å². The summed E-state index contributed by atoms with van der Waals surface area (Å²) in [4.78, 5) is 0. The molecular weight excluding hydrogens is 388 g/mol. The molecule has 4 aliphatic rings. The van der Waals surface area contributed by atoms with E-state index in [1.165, 1.54) is 6.42 Å². The molecule has 2 fully saturated rings. The van der Waals surface area contributed by atoms with Gasteiger partial charge in [0, 0.05) is 0 Å². The number of fused-ring (bicyclic) bond motifs is 2. The molecule has 0 amide bonds. The Kier molecular flexibility index (Phi) is 5.32. The zero-order valence-corrected chi connectivity index (χ0v) is 21.3. The summed E-state index contributed by atoms with van der Waals surface area (Å²) in [5.41, 5.74) is 6.57. The Morgan fingerprint density at radius 2 is 1.32 bits per heavy atom. The Morgan fingerprint density at radius 1 is 0.742 bits per heavy atom. The normalized spacial score (nSPS) is 41.5. The first kappa shape index (κ1) is 21.3. The highest BCUT2D eigenvalue weighted by Crippen LogP contribution is 2.66. The highest BCUT2D eigenvalue weighted by Gasteiger charge is 2.59. The fourth-order valence-corrected chi connectivity index (χ4v) is 15.3. The number of benzene rings is 1. The zero-order valence-electron chi connectivity index (χ0n) is 20.3. The van der Waals surface area contributed by atoms with Gasteiger partial charge < -0.3 is 0 Å². The molecule has 8 atom stereocenters. The van der Waals surface area contributed by atoms with Crippen molar-refractivity contribution in [1.82, 2.24) is 0 Å². The van der Waals surface area contributed by atoms with Gasteiger partial charge in [0.05, 0.1) is 8.07 Å². The standard InChI is InChI=1S/C30H40Si/c1-19-16-17-20(2)28-26(19)18-27(23-12-8-7-9-13-23)30(28)31(5,6)29-21(3)24-14-10-11-15-25(24)22(29)4/h7-17,21-22,24-30H,18H2,1-6H3. The number of hydrogen-bond acceptors (Lipinski definition) is 0. The van der Waals surface area contributed by atoms with Crippen LogP contribution < -0.4 is 0 Å². The van der Waals surface area contributed by atoms with Gasteiger partial charge in [0.2, 0.25) is 0 Å². The van der Waals surface area contributed by atoms with Gasteiger partial charge in [-0.1, -0.05) is 105 Å². The minimum atomic E-state index is -1.61. The van der Waals surface area contributed by atoms with Crippen LogP contribution in [0.4, 0.5) is 0 Å². The molecule has 0 aliphatic heterocycles. The minimum absolute atomic E-state index is 0.704. The van der Waals surface area contributed by atoms with Crippen LogP contribution in [0.2, 0.25) is 24.2 Å². The van der Waals surface area contributed by atoms with Gasteiger partial charge in [0.25, 0.3) is 0 Å². The third-order valence-electron chi connectivity index (χ3n) is 10.00. The lowest BCUT2D eigenvalue weighted by Gasteiger charge is -2.47. The number of hydrogen-bond donors (Lipinski definition) is 0. The summed E-state index contributed by atoms with van der Waals surface area (Å²) < 4.78 is 0. The molecular formula is C30H40Si. The van der Waals surface area contributed by atoms with Crippen LogP contribution in [0.3, 0.4) is 0 Å². The highest BCUT2D eigenvalue weighted by molar-refractivity contribution is 6.80. The van der Waals surface area contributed by atoms with Gasteiger partial charge in [-0.25, -0.2) is 0 Å². The van der Waals surface area contributed by atoms with Gasteiger partial charge in [-0.2, -0.15) is 0 Å². The van der Waals surface area contributed by atoms with Crippen LogP contribution in [0.25, 0.3) is 0 Å². The van der Waals surface area contributed by atoms with Crippen molar-refractivity contribution in [2.24, 2.45) is 35.5 Å². The van der Waals surface area contributed by atoms with E-state index in [1.807, 2.05) is 0 Å². The molecule has 8 unspecified atom stereocenters. The predicted molar refractivity (Wildman–Crippen MR) is 137 cm³/mol. The van der Waals surface area contributed by atoms with Crippen LogP contribution in [0, 0.1) is 35.5 Å². The summed E-state index contributed by atoms with van der Waals surface area (Å²) in [7, 11) is -1.61. The molecule has 1 aromatic rings. The largest absolute Gasteiger partial charge is 0.0806 e. The lowest BCUT2D eigenvalue weighted by Crippen LogP contribution is -2.46. The van der Waals surface area contributed by atoms with Crippen LogP contribution in [-0.2, 0) is 0 Å². The molecule has 0 saturated heterocycles.